The summed E-state index contributed by atoms with van der Waals surface area (Å²) >= 11 is 6.39. The molecule has 0 aliphatic heterocycles. The molecule has 0 spiro atoms. The Kier molecular flexibility index (Phi) is 7.66. The number of carbonyl (C=O) groups is 2. The number of hydrogen-bond donors (Lipinski definition) is 0. The van der Waals surface area contributed by atoms with Gasteiger partial charge in [0.2, 0.25) is 11.8 Å². The Labute approximate surface area is 158 Å². The molecule has 0 aliphatic carbocycles. The van der Waals surface area contributed by atoms with Crippen LogP contribution in [0.5, 0.6) is 0 Å². The molecule has 0 saturated heterocycles. The molecule has 7 heteroatoms. The second kappa shape index (κ2) is 9.97. The van der Waals surface area contributed by atoms with Gasteiger partial charge < -0.3 is 14.1 Å². The van der Waals surface area contributed by atoms with Gasteiger partial charge in [-0.25, -0.2) is 9.78 Å². The van der Waals surface area contributed by atoms with Crippen molar-refractivity contribution < 1.29 is 18.7 Å². The van der Waals surface area contributed by atoms with Crippen LogP contribution in [0.2, 0.25) is 0 Å². The lowest BCUT2D eigenvalue weighted by Crippen LogP contribution is -2.34. The number of alkyl halides is 1. The van der Waals surface area contributed by atoms with Gasteiger partial charge in [-0.05, 0) is 12.0 Å². The van der Waals surface area contributed by atoms with Gasteiger partial charge in [0.05, 0.1) is 13.7 Å². The van der Waals surface area contributed by atoms with E-state index in [0.717, 1.165) is 24.8 Å². The van der Waals surface area contributed by atoms with Crippen LogP contribution in [-0.2, 0) is 16.1 Å². The lowest BCUT2D eigenvalue weighted by Gasteiger charge is -2.24. The minimum atomic E-state index is -0.784. The first-order valence-electron chi connectivity index (χ1n) is 8.57. The molecule has 6 nitrogen and oxygen atoms in total. The Morgan fingerprint density at radius 3 is 2.65 bits per heavy atom. The highest BCUT2D eigenvalue weighted by Gasteiger charge is 2.25. The van der Waals surface area contributed by atoms with Crippen molar-refractivity contribution in [3.63, 3.8) is 0 Å². The number of carbonyl (C=O) groups excluding carboxylic acids is 2. The summed E-state index contributed by atoms with van der Waals surface area (Å²) < 4.78 is 9.93. The Bertz CT molecular complexity index is 717. The summed E-state index contributed by atoms with van der Waals surface area (Å²) in [5, 5.41) is -0.784. The molecule has 140 valence electrons. The van der Waals surface area contributed by atoms with E-state index in [4.69, 9.17) is 16.0 Å². The number of unbranched alkanes of at least 4 members (excludes halogenated alkanes) is 2. The molecule has 0 radical (unpaired) electrons. The van der Waals surface area contributed by atoms with E-state index in [2.05, 4.69) is 16.6 Å². The lowest BCUT2D eigenvalue weighted by atomic mass is 10.1. The van der Waals surface area contributed by atoms with E-state index >= 15 is 0 Å². The number of ether oxygens (including phenoxy) is 1. The van der Waals surface area contributed by atoms with Gasteiger partial charge in [0, 0.05) is 6.54 Å². The van der Waals surface area contributed by atoms with Crippen molar-refractivity contribution in [1.29, 1.82) is 0 Å². The fraction of sp³-hybridized carbons (Fsp3) is 0.421. The molecule has 2 rings (SSSR count). The Morgan fingerprint density at radius 1 is 1.27 bits per heavy atom. The van der Waals surface area contributed by atoms with E-state index in [9.17, 15) is 9.59 Å². The third kappa shape index (κ3) is 5.33. The number of benzene rings is 1. The van der Waals surface area contributed by atoms with E-state index in [0.29, 0.717) is 6.54 Å². The normalized spacial score (nSPS) is 11.8. The molecule has 1 unspecified atom stereocenters. The maximum Gasteiger partial charge on any atom is 0.360 e. The van der Waals surface area contributed by atoms with Crippen LogP contribution in [-0.4, -0.2) is 35.4 Å². The summed E-state index contributed by atoms with van der Waals surface area (Å²) in [6, 6.07) is 9.20. The molecule has 0 fully saturated rings. The number of aromatic nitrogens is 1. The van der Waals surface area contributed by atoms with Crippen LogP contribution < -0.4 is 0 Å². The standard InChI is InChI=1S/C19H23ClN2O4/c1-3-4-8-11-22(12-16-21-15(13-26-16)19(24)25-2)18(23)17(20)14-9-6-5-7-10-14/h5-7,9-10,13,17H,3-4,8,11-12H2,1-2H3. The summed E-state index contributed by atoms with van der Waals surface area (Å²) in [5.74, 6) is -0.526. The molecule has 0 saturated carbocycles. The summed E-state index contributed by atoms with van der Waals surface area (Å²) in [6.07, 6.45) is 4.12. The Morgan fingerprint density at radius 2 is 2.00 bits per heavy atom. The van der Waals surface area contributed by atoms with E-state index in [1.807, 2.05) is 30.3 Å². The van der Waals surface area contributed by atoms with Crippen molar-refractivity contribution in [2.45, 2.75) is 38.1 Å². The molecule has 1 amide bonds. The summed E-state index contributed by atoms with van der Waals surface area (Å²) in [5.41, 5.74) is 0.816. The average molecular weight is 379 g/mol. The van der Waals surface area contributed by atoms with Gasteiger partial charge in [-0.1, -0.05) is 50.1 Å². The molecule has 0 aliphatic rings. The van der Waals surface area contributed by atoms with Gasteiger partial charge in [0.1, 0.15) is 11.6 Å². The molecule has 0 N–H and O–H groups in total. The number of hydrogen-bond acceptors (Lipinski definition) is 5. The summed E-state index contributed by atoms with van der Waals surface area (Å²) in [4.78, 5) is 30.1. The molecule has 1 aromatic heterocycles. The predicted octanol–water partition coefficient (Wildman–Crippen LogP) is 3.96. The number of rotatable bonds is 9. The van der Waals surface area contributed by atoms with Gasteiger partial charge in [0.25, 0.3) is 0 Å². The van der Waals surface area contributed by atoms with Crippen LogP contribution >= 0.6 is 11.6 Å². The van der Waals surface area contributed by atoms with Crippen LogP contribution in [0.15, 0.2) is 41.0 Å². The third-order valence-corrected chi connectivity index (χ3v) is 4.36. The minimum Gasteiger partial charge on any atom is -0.464 e. The van der Waals surface area contributed by atoms with Crippen molar-refractivity contribution >= 4 is 23.5 Å². The van der Waals surface area contributed by atoms with Crippen LogP contribution in [0, 0.1) is 0 Å². The monoisotopic (exact) mass is 378 g/mol. The van der Waals surface area contributed by atoms with Gasteiger partial charge in [0.15, 0.2) is 5.69 Å². The van der Waals surface area contributed by atoms with Gasteiger partial charge in [-0.15, -0.1) is 11.6 Å². The van der Waals surface area contributed by atoms with Crippen molar-refractivity contribution in [2.75, 3.05) is 13.7 Å². The molecule has 2 aromatic rings. The average Bonchev–Trinajstić information content (AvgIpc) is 3.15. The van der Waals surface area contributed by atoms with Crippen molar-refractivity contribution in [1.82, 2.24) is 9.88 Å². The number of oxazole rings is 1. The zero-order valence-electron chi connectivity index (χ0n) is 15.0. The fourth-order valence-electron chi connectivity index (χ4n) is 2.49. The van der Waals surface area contributed by atoms with E-state index < -0.39 is 11.3 Å². The highest BCUT2D eigenvalue weighted by Crippen LogP contribution is 2.24. The van der Waals surface area contributed by atoms with Crippen LogP contribution in [0.25, 0.3) is 0 Å². The summed E-state index contributed by atoms with van der Waals surface area (Å²) in [7, 11) is 1.27. The Hall–Kier alpha value is -2.34. The predicted molar refractivity (Wildman–Crippen MR) is 97.8 cm³/mol. The van der Waals surface area contributed by atoms with Crippen molar-refractivity contribution in [2.24, 2.45) is 0 Å². The second-order valence-corrected chi connectivity index (χ2v) is 6.29. The maximum absolute atomic E-state index is 12.9. The van der Waals surface area contributed by atoms with Crippen molar-refractivity contribution in [3.8, 4) is 0 Å². The first-order valence-corrected chi connectivity index (χ1v) is 9.01. The molecular formula is C19H23ClN2O4. The molecule has 1 atom stereocenters. The number of amides is 1. The first-order chi connectivity index (χ1) is 12.6. The topological polar surface area (TPSA) is 72.6 Å². The smallest absolute Gasteiger partial charge is 0.360 e. The van der Waals surface area contributed by atoms with Gasteiger partial charge >= 0.3 is 5.97 Å². The van der Waals surface area contributed by atoms with E-state index in [-0.39, 0.29) is 24.0 Å². The van der Waals surface area contributed by atoms with Crippen LogP contribution in [0.4, 0.5) is 0 Å². The highest BCUT2D eigenvalue weighted by atomic mass is 35.5. The SMILES string of the molecule is CCCCCN(Cc1nc(C(=O)OC)co1)C(=O)C(Cl)c1ccccc1. The fourth-order valence-corrected chi connectivity index (χ4v) is 2.77. The zero-order chi connectivity index (χ0) is 18.9. The second-order valence-electron chi connectivity index (χ2n) is 5.86. The maximum atomic E-state index is 12.9. The van der Waals surface area contributed by atoms with Crippen LogP contribution in [0.1, 0.15) is 53.5 Å². The minimum absolute atomic E-state index is 0.0777. The molecular weight excluding hydrogens is 356 g/mol. The third-order valence-electron chi connectivity index (χ3n) is 3.92. The Balaban J connectivity index is 2.13. The quantitative estimate of drug-likeness (QED) is 0.375. The largest absolute Gasteiger partial charge is 0.464 e. The van der Waals surface area contributed by atoms with Crippen LogP contribution in [0.3, 0.4) is 0 Å². The van der Waals surface area contributed by atoms with E-state index in [1.54, 1.807) is 4.90 Å². The molecule has 1 heterocycles. The number of nitrogens with zero attached hydrogens (tertiary/aromatic N) is 2. The first kappa shape index (κ1) is 20.0. The number of halogens is 1. The molecule has 26 heavy (non-hydrogen) atoms. The number of esters is 1. The molecule has 1 aromatic carbocycles. The van der Waals surface area contributed by atoms with E-state index in [1.165, 1.54) is 13.4 Å². The van der Waals surface area contributed by atoms with Crippen molar-refractivity contribution in [3.05, 3.63) is 53.7 Å². The lowest BCUT2D eigenvalue weighted by molar-refractivity contribution is -0.132. The molecule has 0 bridgehead atoms. The number of methoxy groups -OCH3 is 1. The van der Waals surface area contributed by atoms with Gasteiger partial charge in [-0.2, -0.15) is 0 Å². The summed E-state index contributed by atoms with van der Waals surface area (Å²) in [6.45, 7) is 2.78. The zero-order valence-corrected chi connectivity index (χ0v) is 15.7. The van der Waals surface area contributed by atoms with Gasteiger partial charge in [-0.3, -0.25) is 4.79 Å². The highest BCUT2D eigenvalue weighted by molar-refractivity contribution is 6.30.